The first kappa shape index (κ1) is 16.3. The minimum atomic E-state index is -0.296. The van der Waals surface area contributed by atoms with Gasteiger partial charge in [0.25, 0.3) is 0 Å². The quantitative estimate of drug-likeness (QED) is 0.881. The molecular formula is C19H19N3O4. The standard InChI is InChI=1S/C19H19N3O4/c23-18-9-14(11-22(18)15-4-2-1-3-5-15)21-19(24)20-10-13-6-7-16-17(8-13)26-12-25-16/h1-8,14H,9-12H2,(H2,20,21,24)/t14-/m1/s1. The number of para-hydroxylation sites is 1. The Balaban J connectivity index is 1.29. The molecule has 1 fully saturated rings. The zero-order chi connectivity index (χ0) is 17.9. The first-order chi connectivity index (χ1) is 12.7. The fourth-order valence-electron chi connectivity index (χ4n) is 3.13. The molecule has 1 saturated heterocycles. The molecule has 0 radical (unpaired) electrons. The van der Waals surface area contributed by atoms with Crippen LogP contribution in [0.5, 0.6) is 11.5 Å². The third-order valence-electron chi connectivity index (χ3n) is 4.42. The van der Waals surface area contributed by atoms with Gasteiger partial charge < -0.3 is 25.0 Å². The van der Waals surface area contributed by atoms with Crippen molar-refractivity contribution in [2.24, 2.45) is 0 Å². The number of hydrogen-bond acceptors (Lipinski definition) is 4. The zero-order valence-corrected chi connectivity index (χ0v) is 14.1. The molecule has 0 spiro atoms. The first-order valence-electron chi connectivity index (χ1n) is 8.47. The Morgan fingerprint density at radius 1 is 1.12 bits per heavy atom. The summed E-state index contributed by atoms with van der Waals surface area (Å²) in [5.41, 5.74) is 1.76. The Kier molecular flexibility index (Phi) is 4.35. The molecule has 2 heterocycles. The molecule has 7 heteroatoms. The molecule has 134 valence electrons. The number of amides is 3. The first-order valence-corrected chi connectivity index (χ1v) is 8.47. The van der Waals surface area contributed by atoms with Crippen molar-refractivity contribution >= 4 is 17.6 Å². The van der Waals surface area contributed by atoms with Gasteiger partial charge in [-0.1, -0.05) is 24.3 Å². The number of nitrogens with one attached hydrogen (secondary N) is 2. The normalized spacial score (nSPS) is 18.1. The lowest BCUT2D eigenvalue weighted by Crippen LogP contribution is -2.43. The molecule has 7 nitrogen and oxygen atoms in total. The summed E-state index contributed by atoms with van der Waals surface area (Å²) in [6, 6.07) is 14.5. The van der Waals surface area contributed by atoms with Gasteiger partial charge in [0.1, 0.15) is 0 Å². The summed E-state index contributed by atoms with van der Waals surface area (Å²) >= 11 is 0. The maximum absolute atomic E-state index is 12.2. The molecule has 0 aromatic heterocycles. The Hall–Kier alpha value is -3.22. The van der Waals surface area contributed by atoms with E-state index in [4.69, 9.17) is 9.47 Å². The average molecular weight is 353 g/mol. The maximum atomic E-state index is 12.2. The number of carbonyl (C=O) groups is 2. The van der Waals surface area contributed by atoms with Gasteiger partial charge in [0.15, 0.2) is 11.5 Å². The Bertz CT molecular complexity index is 825. The van der Waals surface area contributed by atoms with Crippen molar-refractivity contribution in [1.82, 2.24) is 10.6 Å². The Labute approximate surface area is 150 Å². The van der Waals surface area contributed by atoms with Crippen LogP contribution in [0.25, 0.3) is 0 Å². The lowest BCUT2D eigenvalue weighted by atomic mass is 10.2. The van der Waals surface area contributed by atoms with Gasteiger partial charge in [-0.2, -0.15) is 0 Å². The van der Waals surface area contributed by atoms with Crippen LogP contribution in [0.4, 0.5) is 10.5 Å². The summed E-state index contributed by atoms with van der Waals surface area (Å²) < 4.78 is 10.6. The Morgan fingerprint density at radius 3 is 2.77 bits per heavy atom. The third kappa shape index (κ3) is 3.42. The highest BCUT2D eigenvalue weighted by molar-refractivity contribution is 5.96. The summed E-state index contributed by atoms with van der Waals surface area (Å²) in [6.07, 6.45) is 0.298. The van der Waals surface area contributed by atoms with Crippen LogP contribution in [0, 0.1) is 0 Å². The van der Waals surface area contributed by atoms with E-state index in [0.29, 0.717) is 31.0 Å². The molecule has 2 aromatic carbocycles. The lowest BCUT2D eigenvalue weighted by Gasteiger charge is -2.17. The van der Waals surface area contributed by atoms with Crippen molar-refractivity contribution in [2.45, 2.75) is 19.0 Å². The number of hydrogen-bond donors (Lipinski definition) is 2. The second kappa shape index (κ2) is 6.95. The molecule has 2 aliphatic rings. The fraction of sp³-hybridized carbons (Fsp3) is 0.263. The van der Waals surface area contributed by atoms with E-state index in [9.17, 15) is 9.59 Å². The van der Waals surface area contributed by atoms with Gasteiger partial charge in [0.05, 0.1) is 6.04 Å². The van der Waals surface area contributed by atoms with Crippen molar-refractivity contribution in [1.29, 1.82) is 0 Å². The average Bonchev–Trinajstić information content (AvgIpc) is 3.26. The van der Waals surface area contributed by atoms with E-state index >= 15 is 0 Å². The molecule has 4 rings (SSSR count). The van der Waals surface area contributed by atoms with E-state index in [1.165, 1.54) is 0 Å². The van der Waals surface area contributed by atoms with Crippen LogP contribution in [0.2, 0.25) is 0 Å². The molecule has 2 aromatic rings. The van der Waals surface area contributed by atoms with Gasteiger partial charge in [0.2, 0.25) is 12.7 Å². The summed E-state index contributed by atoms with van der Waals surface area (Å²) in [5, 5.41) is 5.67. The van der Waals surface area contributed by atoms with Crippen molar-refractivity contribution < 1.29 is 19.1 Å². The fourth-order valence-corrected chi connectivity index (χ4v) is 3.13. The van der Waals surface area contributed by atoms with Crippen LogP contribution in [0.15, 0.2) is 48.5 Å². The monoisotopic (exact) mass is 353 g/mol. The topological polar surface area (TPSA) is 79.9 Å². The largest absolute Gasteiger partial charge is 0.454 e. The number of carbonyl (C=O) groups excluding carboxylic acids is 2. The van der Waals surface area contributed by atoms with Gasteiger partial charge in [-0.25, -0.2) is 4.79 Å². The molecule has 26 heavy (non-hydrogen) atoms. The second-order valence-electron chi connectivity index (χ2n) is 6.26. The highest BCUT2D eigenvalue weighted by Gasteiger charge is 2.31. The maximum Gasteiger partial charge on any atom is 0.315 e. The molecule has 2 N–H and O–H groups in total. The predicted molar refractivity (Wildman–Crippen MR) is 95.1 cm³/mol. The van der Waals surface area contributed by atoms with Crippen molar-refractivity contribution in [3.63, 3.8) is 0 Å². The van der Waals surface area contributed by atoms with E-state index in [1.807, 2.05) is 48.5 Å². The molecule has 3 amide bonds. The van der Waals surface area contributed by atoms with Crippen molar-refractivity contribution in [3.8, 4) is 11.5 Å². The third-order valence-corrected chi connectivity index (χ3v) is 4.42. The van der Waals surface area contributed by atoms with Gasteiger partial charge in [-0.15, -0.1) is 0 Å². The summed E-state index contributed by atoms with van der Waals surface area (Å²) in [4.78, 5) is 26.0. The molecule has 1 atom stereocenters. The van der Waals surface area contributed by atoms with E-state index in [1.54, 1.807) is 4.90 Å². The number of benzene rings is 2. The minimum Gasteiger partial charge on any atom is -0.454 e. The van der Waals surface area contributed by atoms with Crippen LogP contribution < -0.4 is 25.0 Å². The van der Waals surface area contributed by atoms with Crippen LogP contribution in [-0.4, -0.2) is 31.3 Å². The SMILES string of the molecule is O=C(NCc1ccc2c(c1)OCO2)N[C@@H]1CC(=O)N(c2ccccc2)C1. The molecule has 0 bridgehead atoms. The number of fused-ring (bicyclic) bond motifs is 1. The smallest absolute Gasteiger partial charge is 0.315 e. The van der Waals surface area contributed by atoms with Gasteiger partial charge in [-0.05, 0) is 29.8 Å². The van der Waals surface area contributed by atoms with Gasteiger partial charge >= 0.3 is 6.03 Å². The van der Waals surface area contributed by atoms with Gasteiger partial charge in [0, 0.05) is 25.2 Å². The van der Waals surface area contributed by atoms with E-state index < -0.39 is 0 Å². The van der Waals surface area contributed by atoms with Crippen LogP contribution >= 0.6 is 0 Å². The minimum absolute atomic E-state index is 0.0114. The second-order valence-corrected chi connectivity index (χ2v) is 6.26. The molecular weight excluding hydrogens is 334 g/mol. The van der Waals surface area contributed by atoms with Crippen molar-refractivity contribution in [3.05, 3.63) is 54.1 Å². The number of ether oxygens (including phenoxy) is 2. The molecule has 2 aliphatic heterocycles. The lowest BCUT2D eigenvalue weighted by molar-refractivity contribution is -0.117. The van der Waals surface area contributed by atoms with Crippen molar-refractivity contribution in [2.75, 3.05) is 18.2 Å². The number of nitrogens with zero attached hydrogens (tertiary/aromatic N) is 1. The predicted octanol–water partition coefficient (Wildman–Crippen LogP) is 2.02. The van der Waals surface area contributed by atoms with Crippen LogP contribution in [0.1, 0.15) is 12.0 Å². The molecule has 0 unspecified atom stereocenters. The summed E-state index contributed by atoms with van der Waals surface area (Å²) in [5.74, 6) is 1.41. The van der Waals surface area contributed by atoms with Crippen LogP contribution in [-0.2, 0) is 11.3 Å². The summed E-state index contributed by atoms with van der Waals surface area (Å²) in [6.45, 7) is 1.06. The Morgan fingerprint density at radius 2 is 1.92 bits per heavy atom. The highest BCUT2D eigenvalue weighted by atomic mass is 16.7. The van der Waals surface area contributed by atoms with E-state index in [2.05, 4.69) is 10.6 Å². The molecule has 0 aliphatic carbocycles. The number of urea groups is 1. The highest BCUT2D eigenvalue weighted by Crippen LogP contribution is 2.32. The zero-order valence-electron chi connectivity index (χ0n) is 14.1. The van der Waals surface area contributed by atoms with Crippen LogP contribution in [0.3, 0.4) is 0 Å². The van der Waals surface area contributed by atoms with E-state index in [0.717, 1.165) is 11.3 Å². The number of rotatable bonds is 4. The molecule has 0 saturated carbocycles. The summed E-state index contributed by atoms with van der Waals surface area (Å²) in [7, 11) is 0. The van der Waals surface area contributed by atoms with Gasteiger partial charge in [-0.3, -0.25) is 4.79 Å². The van der Waals surface area contributed by atoms with E-state index in [-0.39, 0.29) is 24.8 Å². The number of anilines is 1.